The Morgan fingerprint density at radius 2 is 1.57 bits per heavy atom. The SMILES string of the molecule is COc1ccc(C(Br)c2c(Cl)cccc2Cl)c(OC)c1Cl. The van der Waals surface area contributed by atoms with Gasteiger partial charge in [-0.25, -0.2) is 0 Å². The first kappa shape index (κ1) is 16.8. The number of hydrogen-bond donors (Lipinski definition) is 0. The minimum Gasteiger partial charge on any atom is -0.495 e. The van der Waals surface area contributed by atoms with Gasteiger partial charge in [0.25, 0.3) is 0 Å². The van der Waals surface area contributed by atoms with Crippen molar-refractivity contribution in [1.29, 1.82) is 0 Å². The first-order chi connectivity index (χ1) is 10.0. The largest absolute Gasteiger partial charge is 0.495 e. The van der Waals surface area contributed by atoms with Crippen molar-refractivity contribution in [2.45, 2.75) is 4.83 Å². The van der Waals surface area contributed by atoms with Gasteiger partial charge in [0, 0.05) is 21.2 Å². The normalized spacial score (nSPS) is 12.1. The minimum absolute atomic E-state index is 0.253. The third-order valence-electron chi connectivity index (χ3n) is 3.04. The Kier molecular flexibility index (Phi) is 5.67. The third kappa shape index (κ3) is 3.26. The number of methoxy groups -OCH3 is 2. The highest BCUT2D eigenvalue weighted by atomic mass is 79.9. The lowest BCUT2D eigenvalue weighted by Crippen LogP contribution is -2.00. The molecule has 0 radical (unpaired) electrons. The molecule has 0 aliphatic heterocycles. The van der Waals surface area contributed by atoms with Gasteiger partial charge in [-0.3, -0.25) is 0 Å². The van der Waals surface area contributed by atoms with Crippen molar-refractivity contribution in [3.8, 4) is 11.5 Å². The van der Waals surface area contributed by atoms with Crippen LogP contribution in [0.5, 0.6) is 11.5 Å². The second-order valence-corrected chi connectivity index (χ2v) is 6.31. The summed E-state index contributed by atoms with van der Waals surface area (Å²) in [5.74, 6) is 1.07. The average molecular weight is 411 g/mol. The Balaban J connectivity index is 2.59. The zero-order valence-electron chi connectivity index (χ0n) is 11.3. The molecule has 0 bridgehead atoms. The van der Waals surface area contributed by atoms with E-state index in [1.54, 1.807) is 38.5 Å². The van der Waals surface area contributed by atoms with Crippen LogP contribution in [0.1, 0.15) is 16.0 Å². The molecular weight excluding hydrogens is 398 g/mol. The Bertz CT molecular complexity index is 641. The van der Waals surface area contributed by atoms with Crippen LogP contribution in [-0.4, -0.2) is 14.2 Å². The molecule has 2 aromatic carbocycles. The van der Waals surface area contributed by atoms with Crippen molar-refractivity contribution in [2.24, 2.45) is 0 Å². The maximum Gasteiger partial charge on any atom is 0.145 e. The standard InChI is InChI=1S/C15H12BrCl3O2/c1-20-11-7-6-8(15(21-2)14(11)19)13(16)12-9(17)4-3-5-10(12)18/h3-7,13H,1-2H3. The quantitative estimate of drug-likeness (QED) is 0.563. The van der Waals surface area contributed by atoms with Gasteiger partial charge in [0.1, 0.15) is 16.5 Å². The molecule has 0 N–H and O–H groups in total. The molecule has 0 saturated heterocycles. The molecular formula is C15H12BrCl3O2. The molecule has 2 aromatic rings. The molecule has 0 aliphatic rings. The fourth-order valence-electron chi connectivity index (χ4n) is 2.03. The van der Waals surface area contributed by atoms with E-state index < -0.39 is 0 Å². The molecule has 2 rings (SSSR count). The van der Waals surface area contributed by atoms with E-state index in [0.29, 0.717) is 26.6 Å². The van der Waals surface area contributed by atoms with E-state index in [-0.39, 0.29) is 4.83 Å². The van der Waals surface area contributed by atoms with E-state index in [0.717, 1.165) is 11.1 Å². The summed E-state index contributed by atoms with van der Waals surface area (Å²) in [6.07, 6.45) is 0. The van der Waals surface area contributed by atoms with Crippen molar-refractivity contribution in [2.75, 3.05) is 14.2 Å². The van der Waals surface area contributed by atoms with E-state index in [9.17, 15) is 0 Å². The monoisotopic (exact) mass is 408 g/mol. The van der Waals surface area contributed by atoms with Crippen LogP contribution in [0.3, 0.4) is 0 Å². The highest BCUT2D eigenvalue weighted by Gasteiger charge is 2.23. The van der Waals surface area contributed by atoms with Crippen LogP contribution in [0.25, 0.3) is 0 Å². The molecule has 0 amide bonds. The van der Waals surface area contributed by atoms with E-state index in [2.05, 4.69) is 15.9 Å². The van der Waals surface area contributed by atoms with Crippen molar-refractivity contribution < 1.29 is 9.47 Å². The molecule has 0 aliphatic carbocycles. The van der Waals surface area contributed by atoms with Crippen LogP contribution in [0.4, 0.5) is 0 Å². The summed E-state index contributed by atoms with van der Waals surface area (Å²) >= 11 is 22.4. The second-order valence-electron chi connectivity index (χ2n) is 4.20. The topological polar surface area (TPSA) is 18.5 Å². The number of alkyl halides is 1. The summed E-state index contributed by atoms with van der Waals surface area (Å²) in [4.78, 5) is -0.253. The van der Waals surface area contributed by atoms with Gasteiger partial charge in [-0.15, -0.1) is 0 Å². The molecule has 1 atom stereocenters. The van der Waals surface area contributed by atoms with Gasteiger partial charge in [-0.05, 0) is 18.2 Å². The fourth-order valence-corrected chi connectivity index (χ4v) is 4.09. The molecule has 0 fully saturated rings. The van der Waals surface area contributed by atoms with E-state index in [4.69, 9.17) is 44.3 Å². The fraction of sp³-hybridized carbons (Fsp3) is 0.200. The van der Waals surface area contributed by atoms with Gasteiger partial charge in [0.05, 0.1) is 19.0 Å². The van der Waals surface area contributed by atoms with Crippen molar-refractivity contribution in [3.05, 3.63) is 56.5 Å². The van der Waals surface area contributed by atoms with Crippen LogP contribution < -0.4 is 9.47 Å². The number of ether oxygens (including phenoxy) is 2. The highest BCUT2D eigenvalue weighted by molar-refractivity contribution is 9.09. The summed E-state index contributed by atoms with van der Waals surface area (Å²) < 4.78 is 10.6. The van der Waals surface area contributed by atoms with Gasteiger partial charge < -0.3 is 9.47 Å². The van der Waals surface area contributed by atoms with Crippen molar-refractivity contribution in [1.82, 2.24) is 0 Å². The van der Waals surface area contributed by atoms with Gasteiger partial charge in [-0.2, -0.15) is 0 Å². The summed E-state index contributed by atoms with van der Waals surface area (Å²) in [5, 5.41) is 1.54. The number of rotatable bonds is 4. The summed E-state index contributed by atoms with van der Waals surface area (Å²) in [5.41, 5.74) is 1.58. The predicted octanol–water partition coefficient (Wildman–Crippen LogP) is 6.15. The molecule has 0 aromatic heterocycles. The smallest absolute Gasteiger partial charge is 0.145 e. The lowest BCUT2D eigenvalue weighted by Gasteiger charge is -2.19. The lowest BCUT2D eigenvalue weighted by atomic mass is 10.0. The van der Waals surface area contributed by atoms with E-state index in [1.807, 2.05) is 6.07 Å². The zero-order valence-corrected chi connectivity index (χ0v) is 15.1. The Morgan fingerprint density at radius 3 is 2.10 bits per heavy atom. The maximum atomic E-state index is 6.29. The van der Waals surface area contributed by atoms with Crippen LogP contribution in [0.2, 0.25) is 15.1 Å². The first-order valence-corrected chi connectivity index (χ1v) is 8.04. The highest BCUT2D eigenvalue weighted by Crippen LogP contribution is 2.47. The zero-order chi connectivity index (χ0) is 15.6. The van der Waals surface area contributed by atoms with Crippen LogP contribution in [-0.2, 0) is 0 Å². The average Bonchev–Trinajstić information content (AvgIpc) is 2.46. The lowest BCUT2D eigenvalue weighted by molar-refractivity contribution is 0.392. The van der Waals surface area contributed by atoms with Crippen molar-refractivity contribution in [3.63, 3.8) is 0 Å². The maximum absolute atomic E-state index is 6.29. The number of hydrogen-bond acceptors (Lipinski definition) is 2. The molecule has 1 unspecified atom stereocenters. The van der Waals surface area contributed by atoms with Gasteiger partial charge in [0.15, 0.2) is 0 Å². The molecule has 0 saturated carbocycles. The molecule has 2 nitrogen and oxygen atoms in total. The van der Waals surface area contributed by atoms with Gasteiger partial charge in [-0.1, -0.05) is 62.9 Å². The molecule has 0 spiro atoms. The summed E-state index contributed by atoms with van der Waals surface area (Å²) in [7, 11) is 3.11. The molecule has 112 valence electrons. The summed E-state index contributed by atoms with van der Waals surface area (Å²) in [6, 6.07) is 9.01. The van der Waals surface area contributed by atoms with Crippen LogP contribution in [0.15, 0.2) is 30.3 Å². The Morgan fingerprint density at radius 1 is 0.952 bits per heavy atom. The number of halogens is 4. The first-order valence-electron chi connectivity index (χ1n) is 5.99. The van der Waals surface area contributed by atoms with Crippen LogP contribution in [0, 0.1) is 0 Å². The predicted molar refractivity (Wildman–Crippen MR) is 91.8 cm³/mol. The van der Waals surface area contributed by atoms with Gasteiger partial charge >= 0.3 is 0 Å². The van der Waals surface area contributed by atoms with E-state index >= 15 is 0 Å². The summed E-state index contributed by atoms with van der Waals surface area (Å²) in [6.45, 7) is 0. The Hall–Kier alpha value is -0.610. The van der Waals surface area contributed by atoms with Crippen LogP contribution >= 0.6 is 50.7 Å². The Labute approximate surface area is 147 Å². The van der Waals surface area contributed by atoms with Crippen molar-refractivity contribution >= 4 is 50.7 Å². The van der Waals surface area contributed by atoms with Gasteiger partial charge in [0.2, 0.25) is 0 Å². The minimum atomic E-state index is -0.253. The molecule has 6 heteroatoms. The number of benzene rings is 2. The third-order valence-corrected chi connectivity index (χ3v) is 5.01. The molecule has 0 heterocycles. The molecule has 21 heavy (non-hydrogen) atoms. The van der Waals surface area contributed by atoms with E-state index in [1.165, 1.54) is 0 Å². The second kappa shape index (κ2) is 7.10.